The zero-order valence-corrected chi connectivity index (χ0v) is 22.5. The van der Waals surface area contributed by atoms with Crippen LogP contribution in [-0.2, 0) is 14.3 Å². The van der Waals surface area contributed by atoms with Gasteiger partial charge in [-0.25, -0.2) is 4.79 Å². The van der Waals surface area contributed by atoms with E-state index in [0.29, 0.717) is 23.4 Å². The maximum absolute atomic E-state index is 13.7. The van der Waals surface area contributed by atoms with Crippen LogP contribution in [-0.4, -0.2) is 59.8 Å². The standard InChI is InChI=1S/C28H39N3O6/c1-7-8-16-31(26(34)23(18-32)30-27(35)37-28(3,4)5)24(20-11-9-10-19(2)17-20)25(33)29-21-12-14-22(36-6)15-13-21/h9-15,17,23-24,32H,7-8,16,18H2,1-6H3,(H,29,33)(H,30,35). The normalized spacial score (nSPS) is 12.7. The van der Waals surface area contributed by atoms with Gasteiger partial charge in [0.25, 0.3) is 5.91 Å². The monoisotopic (exact) mass is 513 g/mol. The second kappa shape index (κ2) is 13.6. The summed E-state index contributed by atoms with van der Waals surface area (Å²) < 4.78 is 10.5. The third-order valence-corrected chi connectivity index (χ3v) is 5.48. The van der Waals surface area contributed by atoms with Gasteiger partial charge in [-0.3, -0.25) is 9.59 Å². The molecule has 0 bridgehead atoms. The number of hydrogen-bond donors (Lipinski definition) is 3. The van der Waals surface area contributed by atoms with E-state index in [1.54, 1.807) is 58.2 Å². The maximum Gasteiger partial charge on any atom is 0.408 e. The van der Waals surface area contributed by atoms with Crippen LogP contribution in [0.3, 0.4) is 0 Å². The minimum atomic E-state index is -1.28. The summed E-state index contributed by atoms with van der Waals surface area (Å²) in [6, 6.07) is 11.9. The average Bonchev–Trinajstić information content (AvgIpc) is 2.84. The number of nitrogens with zero attached hydrogens (tertiary/aromatic N) is 1. The van der Waals surface area contributed by atoms with Crippen molar-refractivity contribution in [3.05, 3.63) is 59.7 Å². The van der Waals surface area contributed by atoms with Crippen LogP contribution < -0.4 is 15.4 Å². The van der Waals surface area contributed by atoms with Crippen molar-refractivity contribution >= 4 is 23.6 Å². The van der Waals surface area contributed by atoms with E-state index in [4.69, 9.17) is 9.47 Å². The van der Waals surface area contributed by atoms with Gasteiger partial charge in [0.1, 0.15) is 23.4 Å². The van der Waals surface area contributed by atoms with Crippen molar-refractivity contribution in [1.82, 2.24) is 10.2 Å². The first-order chi connectivity index (χ1) is 17.5. The number of hydrogen-bond acceptors (Lipinski definition) is 6. The molecule has 0 aromatic heterocycles. The number of ether oxygens (including phenoxy) is 2. The van der Waals surface area contributed by atoms with Crippen LogP contribution >= 0.6 is 0 Å². The molecule has 0 fully saturated rings. The summed E-state index contributed by atoms with van der Waals surface area (Å²) in [6.45, 7) is 8.58. The molecule has 37 heavy (non-hydrogen) atoms. The number of amides is 3. The van der Waals surface area contributed by atoms with E-state index in [2.05, 4.69) is 10.6 Å². The van der Waals surface area contributed by atoms with Crippen molar-refractivity contribution < 1.29 is 29.0 Å². The summed E-state index contributed by atoms with van der Waals surface area (Å²) in [7, 11) is 1.56. The summed E-state index contributed by atoms with van der Waals surface area (Å²) in [5.74, 6) is -0.362. The lowest BCUT2D eigenvalue weighted by molar-refractivity contribution is -0.141. The Kier molecular flexibility index (Phi) is 10.9. The van der Waals surface area contributed by atoms with Gasteiger partial charge < -0.3 is 30.1 Å². The second-order valence-corrected chi connectivity index (χ2v) is 9.80. The number of anilines is 1. The predicted molar refractivity (Wildman–Crippen MR) is 142 cm³/mol. The number of aryl methyl sites for hydroxylation is 1. The number of aliphatic hydroxyl groups is 1. The largest absolute Gasteiger partial charge is 0.497 e. The molecule has 0 heterocycles. The van der Waals surface area contributed by atoms with Crippen LogP contribution in [0, 0.1) is 6.92 Å². The van der Waals surface area contributed by atoms with Crippen LogP contribution in [0.2, 0.25) is 0 Å². The van der Waals surface area contributed by atoms with Gasteiger partial charge in [0.2, 0.25) is 5.91 Å². The number of nitrogens with one attached hydrogen (secondary N) is 2. The van der Waals surface area contributed by atoms with Crippen LogP contribution in [0.25, 0.3) is 0 Å². The molecule has 0 aliphatic heterocycles. The van der Waals surface area contributed by atoms with Crippen molar-refractivity contribution in [3.8, 4) is 5.75 Å². The second-order valence-electron chi connectivity index (χ2n) is 9.80. The minimum Gasteiger partial charge on any atom is -0.497 e. The molecule has 2 aromatic carbocycles. The summed E-state index contributed by atoms with van der Waals surface area (Å²) in [5.41, 5.74) is 1.30. The van der Waals surface area contributed by atoms with Gasteiger partial charge >= 0.3 is 6.09 Å². The molecular weight excluding hydrogens is 474 g/mol. The van der Waals surface area contributed by atoms with Gasteiger partial charge in [-0.2, -0.15) is 0 Å². The SMILES string of the molecule is CCCCN(C(=O)C(CO)NC(=O)OC(C)(C)C)C(C(=O)Nc1ccc(OC)cc1)c1cccc(C)c1. The lowest BCUT2D eigenvalue weighted by Crippen LogP contribution is -2.54. The lowest BCUT2D eigenvalue weighted by Gasteiger charge is -2.34. The van der Waals surface area contributed by atoms with E-state index in [1.807, 2.05) is 32.0 Å². The Bertz CT molecular complexity index is 1050. The van der Waals surface area contributed by atoms with E-state index >= 15 is 0 Å². The quantitative estimate of drug-likeness (QED) is 0.415. The highest BCUT2D eigenvalue weighted by atomic mass is 16.6. The number of benzene rings is 2. The van der Waals surface area contributed by atoms with E-state index in [-0.39, 0.29) is 6.54 Å². The number of methoxy groups -OCH3 is 1. The smallest absolute Gasteiger partial charge is 0.408 e. The molecule has 0 aliphatic rings. The van der Waals surface area contributed by atoms with Gasteiger partial charge in [-0.15, -0.1) is 0 Å². The zero-order chi connectivity index (χ0) is 27.6. The van der Waals surface area contributed by atoms with Crippen molar-refractivity contribution in [1.29, 1.82) is 0 Å². The van der Waals surface area contributed by atoms with Crippen LogP contribution in [0.1, 0.15) is 57.7 Å². The molecule has 2 aromatic rings. The van der Waals surface area contributed by atoms with Crippen molar-refractivity contribution in [2.75, 3.05) is 25.6 Å². The topological polar surface area (TPSA) is 117 Å². The fraction of sp³-hybridized carbons (Fsp3) is 0.464. The highest BCUT2D eigenvalue weighted by molar-refractivity contribution is 5.99. The molecule has 0 aliphatic carbocycles. The Morgan fingerprint density at radius 1 is 1.08 bits per heavy atom. The van der Waals surface area contributed by atoms with Crippen molar-refractivity contribution in [2.24, 2.45) is 0 Å². The van der Waals surface area contributed by atoms with E-state index < -0.39 is 42.2 Å². The first-order valence-corrected chi connectivity index (χ1v) is 12.4. The Morgan fingerprint density at radius 2 is 1.76 bits per heavy atom. The molecule has 2 atom stereocenters. The molecular formula is C28H39N3O6. The predicted octanol–water partition coefficient (Wildman–Crippen LogP) is 4.20. The first kappa shape index (κ1) is 29.6. The molecule has 9 heteroatoms. The fourth-order valence-electron chi connectivity index (χ4n) is 3.73. The summed E-state index contributed by atoms with van der Waals surface area (Å²) >= 11 is 0. The fourth-order valence-corrected chi connectivity index (χ4v) is 3.73. The summed E-state index contributed by atoms with van der Waals surface area (Å²) in [6.07, 6.45) is 0.562. The molecule has 202 valence electrons. The van der Waals surface area contributed by atoms with E-state index in [9.17, 15) is 19.5 Å². The number of rotatable bonds is 11. The highest BCUT2D eigenvalue weighted by Gasteiger charge is 2.36. The molecule has 0 radical (unpaired) electrons. The van der Waals surface area contributed by atoms with Gasteiger partial charge in [-0.05, 0) is 63.9 Å². The minimum absolute atomic E-state index is 0.247. The molecule has 0 saturated carbocycles. The zero-order valence-electron chi connectivity index (χ0n) is 22.5. The Balaban J connectivity index is 2.44. The van der Waals surface area contributed by atoms with Crippen LogP contribution in [0.5, 0.6) is 5.75 Å². The number of unbranched alkanes of at least 4 members (excludes halogenated alkanes) is 1. The molecule has 3 N–H and O–H groups in total. The maximum atomic E-state index is 13.7. The number of carbonyl (C=O) groups excluding carboxylic acids is 3. The van der Waals surface area contributed by atoms with Crippen molar-refractivity contribution in [3.63, 3.8) is 0 Å². The highest BCUT2D eigenvalue weighted by Crippen LogP contribution is 2.26. The molecule has 0 saturated heterocycles. The number of carbonyl (C=O) groups is 3. The van der Waals surface area contributed by atoms with E-state index in [0.717, 1.165) is 12.0 Å². The molecule has 9 nitrogen and oxygen atoms in total. The van der Waals surface area contributed by atoms with Crippen LogP contribution in [0.4, 0.5) is 10.5 Å². The first-order valence-electron chi connectivity index (χ1n) is 12.4. The molecule has 2 rings (SSSR count). The van der Waals surface area contributed by atoms with Gasteiger partial charge in [-0.1, -0.05) is 43.2 Å². The molecule has 3 amide bonds. The average molecular weight is 514 g/mol. The van der Waals surface area contributed by atoms with Crippen molar-refractivity contribution in [2.45, 2.75) is 65.1 Å². The summed E-state index contributed by atoms with van der Waals surface area (Å²) in [5, 5.41) is 15.3. The van der Waals surface area contributed by atoms with E-state index in [1.165, 1.54) is 4.90 Å². The Morgan fingerprint density at radius 3 is 2.30 bits per heavy atom. The lowest BCUT2D eigenvalue weighted by atomic mass is 10.0. The van der Waals surface area contributed by atoms with Gasteiger partial charge in [0.15, 0.2) is 0 Å². The number of alkyl carbamates (subject to hydrolysis) is 1. The Hall–Kier alpha value is -3.59. The third kappa shape index (κ3) is 9.09. The number of aliphatic hydroxyl groups excluding tert-OH is 1. The third-order valence-electron chi connectivity index (χ3n) is 5.48. The van der Waals surface area contributed by atoms with Crippen LogP contribution in [0.15, 0.2) is 48.5 Å². The molecule has 2 unspecified atom stereocenters. The van der Waals surface area contributed by atoms with Gasteiger partial charge in [0.05, 0.1) is 13.7 Å². The summed E-state index contributed by atoms with van der Waals surface area (Å²) in [4.78, 5) is 41.2. The Labute approximate surface area is 219 Å². The molecule has 0 spiro atoms. The van der Waals surface area contributed by atoms with Gasteiger partial charge in [0, 0.05) is 12.2 Å².